The molecule has 1 amide bonds. The molecule has 0 atom stereocenters. The van der Waals surface area contributed by atoms with Gasteiger partial charge in [0.15, 0.2) is 16.0 Å². The van der Waals surface area contributed by atoms with Gasteiger partial charge in [-0.3, -0.25) is 10.1 Å². The lowest BCUT2D eigenvalue weighted by atomic mass is 10.2. The van der Waals surface area contributed by atoms with Crippen LogP contribution in [0.25, 0.3) is 21.5 Å². The summed E-state index contributed by atoms with van der Waals surface area (Å²) in [6.45, 7) is 0. The van der Waals surface area contributed by atoms with Gasteiger partial charge in [-0.05, 0) is 48.6 Å². The van der Waals surface area contributed by atoms with E-state index in [1.54, 1.807) is 30.3 Å². The zero-order chi connectivity index (χ0) is 19.7. The van der Waals surface area contributed by atoms with Crippen molar-refractivity contribution in [3.05, 3.63) is 70.4 Å². The summed E-state index contributed by atoms with van der Waals surface area (Å²) in [4.78, 5) is 16.8. The third-order valence-corrected chi connectivity index (χ3v) is 5.44. The normalized spacial score (nSPS) is 10.8. The van der Waals surface area contributed by atoms with Crippen LogP contribution in [0, 0.1) is 0 Å². The molecule has 0 aliphatic heterocycles. The van der Waals surface area contributed by atoms with Crippen LogP contribution in [-0.4, -0.2) is 16.0 Å². The molecule has 2 aromatic carbocycles. The monoisotopic (exact) mass is 447 g/mol. The smallest absolute Gasteiger partial charge is 0.293 e. The van der Waals surface area contributed by atoms with Crippen LogP contribution in [0.15, 0.2) is 59.0 Å². The van der Waals surface area contributed by atoms with Gasteiger partial charge in [-0.15, -0.1) is 0 Å². The van der Waals surface area contributed by atoms with Crippen LogP contribution in [0.1, 0.15) is 10.6 Å². The van der Waals surface area contributed by atoms with Crippen molar-refractivity contribution >= 4 is 73.1 Å². The van der Waals surface area contributed by atoms with Crippen LogP contribution in [0.4, 0.5) is 5.13 Å². The van der Waals surface area contributed by atoms with E-state index in [4.69, 9.17) is 39.8 Å². The van der Waals surface area contributed by atoms with Crippen molar-refractivity contribution in [3.8, 4) is 11.3 Å². The summed E-state index contributed by atoms with van der Waals surface area (Å²) in [5, 5.41) is 7.26. The van der Waals surface area contributed by atoms with Crippen molar-refractivity contribution in [2.45, 2.75) is 0 Å². The number of halogens is 2. The van der Waals surface area contributed by atoms with E-state index >= 15 is 0 Å². The Morgan fingerprint density at radius 3 is 2.71 bits per heavy atom. The minimum atomic E-state index is -0.468. The molecule has 4 aromatic rings. The lowest BCUT2D eigenvalue weighted by molar-refractivity contribution is 0.0951. The maximum atomic E-state index is 12.4. The first-order valence-corrected chi connectivity index (χ1v) is 10.0. The summed E-state index contributed by atoms with van der Waals surface area (Å²) in [6.07, 6.45) is 0. The molecule has 28 heavy (non-hydrogen) atoms. The van der Waals surface area contributed by atoms with Crippen molar-refractivity contribution in [2.75, 3.05) is 5.32 Å². The summed E-state index contributed by atoms with van der Waals surface area (Å²) >= 11 is 18.7. The van der Waals surface area contributed by atoms with Crippen molar-refractivity contribution in [1.82, 2.24) is 10.3 Å². The van der Waals surface area contributed by atoms with Gasteiger partial charge in [0.1, 0.15) is 11.3 Å². The molecular formula is C19H11Cl2N3O2S2. The largest absolute Gasteiger partial charge is 0.451 e. The Hall–Kier alpha value is -2.45. The first-order valence-electron chi connectivity index (χ1n) is 8.03. The Morgan fingerprint density at radius 2 is 1.93 bits per heavy atom. The number of carbonyl (C=O) groups excluding carboxylic acids is 1. The molecule has 0 saturated heterocycles. The van der Waals surface area contributed by atoms with E-state index in [1.165, 1.54) is 11.3 Å². The number of carbonyl (C=O) groups is 1. The Balaban J connectivity index is 1.44. The van der Waals surface area contributed by atoms with E-state index in [2.05, 4.69) is 15.6 Å². The molecule has 2 aromatic heterocycles. The molecule has 4 rings (SSSR count). The van der Waals surface area contributed by atoms with Gasteiger partial charge >= 0.3 is 0 Å². The SMILES string of the molecule is O=C(NC(=S)Nc1nc2c(Cl)cccc2s1)c1ccc(-c2cccc(Cl)c2)o1. The molecule has 0 unspecified atom stereocenters. The second-order valence-corrected chi connectivity index (χ2v) is 7.97. The topological polar surface area (TPSA) is 67.2 Å². The molecule has 0 saturated carbocycles. The molecule has 140 valence electrons. The number of hydrogen-bond donors (Lipinski definition) is 2. The molecule has 0 fully saturated rings. The number of furan rings is 1. The van der Waals surface area contributed by atoms with Gasteiger partial charge in [0.05, 0.1) is 9.72 Å². The molecule has 0 radical (unpaired) electrons. The molecule has 0 aliphatic rings. The highest BCUT2D eigenvalue weighted by atomic mass is 35.5. The van der Waals surface area contributed by atoms with Gasteiger partial charge in [0, 0.05) is 10.6 Å². The standard InChI is InChI=1S/C19H11Cl2N3O2S2/c20-11-4-1-3-10(9-11)13-7-8-14(26-13)17(25)23-18(27)24-19-22-16-12(21)5-2-6-15(16)28-19/h1-9H,(H2,22,23,24,25,27). The van der Waals surface area contributed by atoms with Crippen LogP contribution >= 0.6 is 46.8 Å². The summed E-state index contributed by atoms with van der Waals surface area (Å²) in [6, 6.07) is 16.0. The van der Waals surface area contributed by atoms with Crippen molar-refractivity contribution in [3.63, 3.8) is 0 Å². The molecule has 0 bridgehead atoms. The number of anilines is 1. The summed E-state index contributed by atoms with van der Waals surface area (Å²) < 4.78 is 6.53. The number of aromatic nitrogens is 1. The third kappa shape index (κ3) is 4.02. The van der Waals surface area contributed by atoms with Gasteiger partial charge in [-0.25, -0.2) is 4.98 Å². The predicted molar refractivity (Wildman–Crippen MR) is 117 cm³/mol. The van der Waals surface area contributed by atoms with E-state index in [-0.39, 0.29) is 10.9 Å². The molecule has 9 heteroatoms. The Kier molecular flexibility index (Phi) is 5.32. The number of hydrogen-bond acceptors (Lipinski definition) is 5. The second-order valence-electron chi connectivity index (χ2n) is 5.69. The molecule has 2 heterocycles. The zero-order valence-corrected chi connectivity index (χ0v) is 17.2. The number of rotatable bonds is 3. The lowest BCUT2D eigenvalue weighted by Gasteiger charge is -2.05. The van der Waals surface area contributed by atoms with Crippen LogP contribution in [-0.2, 0) is 0 Å². The highest BCUT2D eigenvalue weighted by molar-refractivity contribution is 7.80. The van der Waals surface area contributed by atoms with Crippen LogP contribution in [0.2, 0.25) is 10.0 Å². The van der Waals surface area contributed by atoms with Crippen LogP contribution in [0.5, 0.6) is 0 Å². The predicted octanol–water partition coefficient (Wildman–Crippen LogP) is 5.99. The zero-order valence-electron chi connectivity index (χ0n) is 14.0. The fraction of sp³-hybridized carbons (Fsp3) is 0. The Bertz CT molecular complexity index is 1200. The average molecular weight is 448 g/mol. The first kappa shape index (κ1) is 18.9. The van der Waals surface area contributed by atoms with E-state index in [9.17, 15) is 4.79 Å². The minimum absolute atomic E-state index is 0.112. The van der Waals surface area contributed by atoms with Crippen molar-refractivity contribution < 1.29 is 9.21 Å². The maximum absolute atomic E-state index is 12.4. The van der Waals surface area contributed by atoms with E-state index in [0.717, 1.165) is 10.3 Å². The number of thiazole rings is 1. The highest BCUT2D eigenvalue weighted by Gasteiger charge is 2.15. The number of benzene rings is 2. The number of thiocarbonyl (C=S) groups is 1. The number of nitrogens with zero attached hydrogens (tertiary/aromatic N) is 1. The second kappa shape index (κ2) is 7.89. The molecule has 5 nitrogen and oxygen atoms in total. The van der Waals surface area contributed by atoms with Gasteiger partial charge in [0.25, 0.3) is 5.91 Å². The van der Waals surface area contributed by atoms with Gasteiger partial charge < -0.3 is 9.73 Å². The van der Waals surface area contributed by atoms with Crippen molar-refractivity contribution in [1.29, 1.82) is 0 Å². The van der Waals surface area contributed by atoms with E-state index in [1.807, 2.05) is 24.3 Å². The Morgan fingerprint density at radius 1 is 1.11 bits per heavy atom. The van der Waals surface area contributed by atoms with Gasteiger partial charge in [0.2, 0.25) is 0 Å². The van der Waals surface area contributed by atoms with Gasteiger partial charge in [-0.2, -0.15) is 0 Å². The fourth-order valence-corrected chi connectivity index (χ4v) is 4.13. The number of para-hydroxylation sites is 1. The lowest BCUT2D eigenvalue weighted by Crippen LogP contribution is -2.33. The van der Waals surface area contributed by atoms with Crippen LogP contribution < -0.4 is 10.6 Å². The first-order chi connectivity index (χ1) is 13.5. The molecule has 0 aliphatic carbocycles. The minimum Gasteiger partial charge on any atom is -0.451 e. The number of nitrogens with one attached hydrogen (secondary N) is 2. The summed E-state index contributed by atoms with van der Waals surface area (Å²) in [5.74, 6) is 0.198. The van der Waals surface area contributed by atoms with E-state index in [0.29, 0.717) is 26.5 Å². The van der Waals surface area contributed by atoms with Gasteiger partial charge in [-0.1, -0.05) is 52.7 Å². The Labute approximate surface area is 179 Å². The average Bonchev–Trinajstić information content (AvgIpc) is 3.29. The third-order valence-electron chi connectivity index (χ3n) is 3.76. The number of fused-ring (bicyclic) bond motifs is 1. The van der Waals surface area contributed by atoms with E-state index < -0.39 is 5.91 Å². The summed E-state index contributed by atoms with van der Waals surface area (Å²) in [7, 11) is 0. The number of amides is 1. The maximum Gasteiger partial charge on any atom is 0.293 e. The van der Waals surface area contributed by atoms with Crippen molar-refractivity contribution in [2.24, 2.45) is 0 Å². The summed E-state index contributed by atoms with van der Waals surface area (Å²) in [5.41, 5.74) is 1.46. The fourth-order valence-electron chi connectivity index (χ4n) is 2.52. The quantitative estimate of drug-likeness (QED) is 0.377. The highest BCUT2D eigenvalue weighted by Crippen LogP contribution is 2.30. The molecule has 0 spiro atoms. The molecule has 2 N–H and O–H groups in total. The van der Waals surface area contributed by atoms with Crippen LogP contribution in [0.3, 0.4) is 0 Å². The molecular weight excluding hydrogens is 437 g/mol.